The highest BCUT2D eigenvalue weighted by atomic mass is 127. The molecule has 2 rings (SSSR count). The number of nitrogens with zero attached hydrogens (tertiary/aromatic N) is 2. The van der Waals surface area contributed by atoms with Gasteiger partial charge in [0.2, 0.25) is 0 Å². The number of carbonyl (C=O) groups excluding carboxylic acids is 1. The van der Waals surface area contributed by atoms with Crippen LogP contribution in [0.3, 0.4) is 0 Å². The van der Waals surface area contributed by atoms with Gasteiger partial charge in [0.15, 0.2) is 5.82 Å². The quantitative estimate of drug-likeness (QED) is 0.672. The molecule has 1 amide bonds. The van der Waals surface area contributed by atoms with Crippen LogP contribution in [0.2, 0.25) is 5.02 Å². The first-order chi connectivity index (χ1) is 11.1. The first-order valence-electron chi connectivity index (χ1n) is 6.68. The zero-order valence-corrected chi connectivity index (χ0v) is 15.5. The van der Waals surface area contributed by atoms with Crippen molar-refractivity contribution in [2.24, 2.45) is 7.05 Å². The SMILES string of the molecule is CCOc1cc(C(=O)Nc2cc(C(F)(F)F)n(C)n2)c(Cl)cc1I. The summed E-state index contributed by atoms with van der Waals surface area (Å²) in [7, 11) is 1.14. The van der Waals surface area contributed by atoms with Gasteiger partial charge >= 0.3 is 6.18 Å². The van der Waals surface area contributed by atoms with Gasteiger partial charge in [-0.2, -0.15) is 18.3 Å². The van der Waals surface area contributed by atoms with E-state index in [2.05, 4.69) is 10.4 Å². The average Bonchev–Trinajstić information content (AvgIpc) is 2.82. The Balaban J connectivity index is 2.29. The lowest BCUT2D eigenvalue weighted by Gasteiger charge is -2.10. The van der Waals surface area contributed by atoms with E-state index in [-0.39, 0.29) is 16.4 Å². The summed E-state index contributed by atoms with van der Waals surface area (Å²) >= 11 is 8.05. The standard InChI is InChI=1S/C14H12ClF3IN3O2/c1-3-24-10-4-7(8(15)5-9(10)19)13(23)20-12-6-11(14(16,17)18)22(2)21-12/h4-6H,3H2,1-2H3,(H,20,21,23). The van der Waals surface area contributed by atoms with Crippen molar-refractivity contribution < 1.29 is 22.7 Å². The summed E-state index contributed by atoms with van der Waals surface area (Å²) in [5.41, 5.74) is -0.888. The van der Waals surface area contributed by atoms with Crippen LogP contribution in [-0.4, -0.2) is 22.3 Å². The highest BCUT2D eigenvalue weighted by Crippen LogP contribution is 2.31. The van der Waals surface area contributed by atoms with Crippen molar-refractivity contribution in [3.8, 4) is 5.75 Å². The first-order valence-corrected chi connectivity index (χ1v) is 8.13. The third-order valence-corrected chi connectivity index (χ3v) is 4.13. The fourth-order valence-electron chi connectivity index (χ4n) is 1.95. The molecular weight excluding hydrogens is 462 g/mol. The van der Waals surface area contributed by atoms with Gasteiger partial charge in [0.1, 0.15) is 11.4 Å². The van der Waals surface area contributed by atoms with Crippen molar-refractivity contribution in [1.29, 1.82) is 0 Å². The maximum atomic E-state index is 12.8. The highest BCUT2D eigenvalue weighted by Gasteiger charge is 2.35. The molecule has 0 bridgehead atoms. The molecule has 130 valence electrons. The maximum absolute atomic E-state index is 12.8. The van der Waals surface area contributed by atoms with Crippen LogP contribution in [0.25, 0.3) is 0 Å². The molecule has 5 nitrogen and oxygen atoms in total. The Hall–Kier alpha value is -1.49. The molecule has 0 unspecified atom stereocenters. The molecule has 0 radical (unpaired) electrons. The Morgan fingerprint density at radius 3 is 2.62 bits per heavy atom. The van der Waals surface area contributed by atoms with Gasteiger partial charge in [-0.1, -0.05) is 11.6 Å². The van der Waals surface area contributed by atoms with Gasteiger partial charge < -0.3 is 10.1 Å². The van der Waals surface area contributed by atoms with Crippen LogP contribution in [0.15, 0.2) is 18.2 Å². The van der Waals surface area contributed by atoms with Crippen LogP contribution < -0.4 is 10.1 Å². The number of carbonyl (C=O) groups is 1. The molecule has 24 heavy (non-hydrogen) atoms. The van der Waals surface area contributed by atoms with E-state index in [1.807, 2.05) is 22.6 Å². The molecule has 1 heterocycles. The third kappa shape index (κ3) is 4.12. The molecular formula is C14H12ClF3IN3O2. The first kappa shape index (κ1) is 18.8. The lowest BCUT2D eigenvalue weighted by molar-refractivity contribution is -0.143. The number of benzene rings is 1. The van der Waals surface area contributed by atoms with E-state index in [1.54, 1.807) is 13.0 Å². The van der Waals surface area contributed by atoms with Gasteiger partial charge in [-0.3, -0.25) is 9.48 Å². The smallest absolute Gasteiger partial charge is 0.433 e. The number of alkyl halides is 3. The van der Waals surface area contributed by atoms with Crippen molar-refractivity contribution in [3.05, 3.63) is 38.0 Å². The normalized spacial score (nSPS) is 11.5. The summed E-state index contributed by atoms with van der Waals surface area (Å²) in [6, 6.07) is 3.74. The molecule has 0 atom stereocenters. The molecule has 0 aliphatic heterocycles. The van der Waals surface area contributed by atoms with Crippen LogP contribution in [-0.2, 0) is 13.2 Å². The van der Waals surface area contributed by atoms with E-state index in [4.69, 9.17) is 16.3 Å². The Morgan fingerprint density at radius 2 is 2.08 bits per heavy atom. The number of hydrogen-bond donors (Lipinski definition) is 1. The molecule has 0 spiro atoms. The van der Waals surface area contributed by atoms with Gasteiger partial charge in [0.25, 0.3) is 5.91 Å². The average molecular weight is 474 g/mol. The predicted octanol–water partition coefficient (Wildman–Crippen LogP) is 4.35. The molecule has 1 aromatic heterocycles. The van der Waals surface area contributed by atoms with E-state index in [0.717, 1.165) is 13.1 Å². The molecule has 0 aliphatic rings. The van der Waals surface area contributed by atoms with E-state index in [0.29, 0.717) is 20.6 Å². The number of amides is 1. The summed E-state index contributed by atoms with van der Waals surface area (Å²) in [4.78, 5) is 12.3. The topological polar surface area (TPSA) is 56.1 Å². The number of anilines is 1. The number of aromatic nitrogens is 2. The molecule has 10 heteroatoms. The molecule has 1 aromatic carbocycles. The van der Waals surface area contributed by atoms with Crippen molar-refractivity contribution in [1.82, 2.24) is 9.78 Å². The zero-order chi connectivity index (χ0) is 18.1. The number of rotatable bonds is 4. The number of hydrogen-bond acceptors (Lipinski definition) is 3. The van der Waals surface area contributed by atoms with Gasteiger partial charge in [-0.15, -0.1) is 0 Å². The van der Waals surface area contributed by atoms with Crippen molar-refractivity contribution >= 4 is 45.9 Å². The molecule has 0 saturated heterocycles. The second-order valence-corrected chi connectivity index (χ2v) is 6.26. The Labute approximate surface area is 154 Å². The molecule has 0 saturated carbocycles. The van der Waals surface area contributed by atoms with E-state index in [9.17, 15) is 18.0 Å². The fourth-order valence-corrected chi connectivity index (χ4v) is 3.00. The molecule has 0 aliphatic carbocycles. The van der Waals surface area contributed by atoms with Crippen molar-refractivity contribution in [2.45, 2.75) is 13.1 Å². The van der Waals surface area contributed by atoms with Gasteiger partial charge in [0, 0.05) is 13.1 Å². The molecule has 1 N–H and O–H groups in total. The van der Waals surface area contributed by atoms with Gasteiger partial charge in [-0.05, 0) is 41.6 Å². The number of ether oxygens (including phenoxy) is 1. The van der Waals surface area contributed by atoms with Gasteiger partial charge in [0.05, 0.1) is 20.8 Å². The minimum atomic E-state index is -4.56. The van der Waals surface area contributed by atoms with Crippen molar-refractivity contribution in [3.63, 3.8) is 0 Å². The summed E-state index contributed by atoms with van der Waals surface area (Å²) in [6.45, 7) is 2.19. The van der Waals surface area contributed by atoms with E-state index >= 15 is 0 Å². The maximum Gasteiger partial charge on any atom is 0.433 e. The second-order valence-electron chi connectivity index (χ2n) is 4.69. The van der Waals surface area contributed by atoms with E-state index in [1.165, 1.54) is 6.07 Å². The Kier molecular flexibility index (Phi) is 5.63. The summed E-state index contributed by atoms with van der Waals surface area (Å²) in [5, 5.41) is 6.10. The minimum Gasteiger partial charge on any atom is -0.493 e. The monoisotopic (exact) mass is 473 g/mol. The summed E-state index contributed by atoms with van der Waals surface area (Å²) in [5.74, 6) is -0.434. The van der Waals surface area contributed by atoms with Crippen molar-refractivity contribution in [2.75, 3.05) is 11.9 Å². The third-order valence-electron chi connectivity index (χ3n) is 2.98. The number of nitrogens with one attached hydrogen (secondary N) is 1. The Bertz CT molecular complexity index is 777. The number of halogens is 5. The fraction of sp³-hybridized carbons (Fsp3) is 0.286. The van der Waals surface area contributed by atoms with Gasteiger partial charge in [-0.25, -0.2) is 0 Å². The van der Waals surface area contributed by atoms with E-state index < -0.39 is 17.8 Å². The molecule has 0 fully saturated rings. The minimum absolute atomic E-state index is 0.0831. The lowest BCUT2D eigenvalue weighted by atomic mass is 10.2. The van der Waals surface area contributed by atoms with Crippen LogP contribution in [0, 0.1) is 3.57 Å². The Morgan fingerprint density at radius 1 is 1.42 bits per heavy atom. The number of aryl methyl sites for hydroxylation is 1. The lowest BCUT2D eigenvalue weighted by Crippen LogP contribution is -2.13. The predicted molar refractivity (Wildman–Crippen MR) is 91.5 cm³/mol. The summed E-state index contributed by atoms with van der Waals surface area (Å²) < 4.78 is 45.0. The highest BCUT2D eigenvalue weighted by molar-refractivity contribution is 14.1. The second kappa shape index (κ2) is 7.18. The van der Waals surface area contributed by atoms with Crippen LogP contribution in [0.4, 0.5) is 19.0 Å². The van der Waals surface area contributed by atoms with Crippen LogP contribution in [0.5, 0.6) is 5.75 Å². The molecule has 2 aromatic rings. The zero-order valence-electron chi connectivity index (χ0n) is 12.5. The van der Waals surface area contributed by atoms with Crippen LogP contribution >= 0.6 is 34.2 Å². The summed E-state index contributed by atoms with van der Waals surface area (Å²) in [6.07, 6.45) is -4.56. The van der Waals surface area contributed by atoms with Crippen LogP contribution in [0.1, 0.15) is 23.0 Å². The largest absolute Gasteiger partial charge is 0.493 e.